The number of benzene rings is 1. The molecule has 0 amide bonds. The molecule has 2 aromatic rings. The molecular formula is C15H14ClNO. The Hall–Kier alpha value is -1.80. The first kappa shape index (κ1) is 12.7. The third kappa shape index (κ3) is 2.12. The molecule has 2 nitrogen and oxygen atoms in total. The Morgan fingerprint density at radius 3 is 2.50 bits per heavy atom. The minimum Gasteiger partial charge on any atom is -0.302 e. The molecule has 0 fully saturated rings. The molecule has 0 bridgehead atoms. The van der Waals surface area contributed by atoms with E-state index in [1.54, 1.807) is 13.1 Å². The lowest BCUT2D eigenvalue weighted by atomic mass is 9.97. The van der Waals surface area contributed by atoms with E-state index in [9.17, 15) is 4.79 Å². The van der Waals surface area contributed by atoms with E-state index in [0.29, 0.717) is 5.15 Å². The molecule has 0 spiro atoms. The van der Waals surface area contributed by atoms with Crippen molar-refractivity contribution < 1.29 is 0 Å². The average molecular weight is 260 g/mol. The lowest BCUT2D eigenvalue weighted by Crippen LogP contribution is -2.18. The molecule has 2 rings (SSSR count). The van der Waals surface area contributed by atoms with E-state index in [-0.39, 0.29) is 5.56 Å². The Labute approximate surface area is 111 Å². The first-order chi connectivity index (χ1) is 8.52. The fourth-order valence-electron chi connectivity index (χ4n) is 1.90. The summed E-state index contributed by atoms with van der Waals surface area (Å²) in [7, 11) is 1.66. The van der Waals surface area contributed by atoms with Gasteiger partial charge in [0.1, 0.15) is 5.15 Å². The molecule has 1 aromatic carbocycles. The first-order valence-electron chi connectivity index (χ1n) is 5.63. The minimum atomic E-state index is -0.127. The maximum absolute atomic E-state index is 11.8. The van der Waals surface area contributed by atoms with Crippen LogP contribution in [0.5, 0.6) is 0 Å². The van der Waals surface area contributed by atoms with Crippen molar-refractivity contribution in [1.29, 1.82) is 0 Å². The highest BCUT2D eigenvalue weighted by Crippen LogP contribution is 2.26. The van der Waals surface area contributed by atoms with Gasteiger partial charge in [0.2, 0.25) is 0 Å². The van der Waals surface area contributed by atoms with E-state index in [2.05, 4.69) is 6.58 Å². The van der Waals surface area contributed by atoms with E-state index in [1.165, 1.54) is 4.57 Å². The van der Waals surface area contributed by atoms with Crippen molar-refractivity contribution in [1.82, 2.24) is 4.57 Å². The van der Waals surface area contributed by atoms with Crippen LogP contribution in [0.15, 0.2) is 47.8 Å². The summed E-state index contributed by atoms with van der Waals surface area (Å²) < 4.78 is 1.43. The van der Waals surface area contributed by atoms with Crippen molar-refractivity contribution in [3.63, 3.8) is 0 Å². The zero-order chi connectivity index (χ0) is 13.3. The monoisotopic (exact) mass is 259 g/mol. The largest absolute Gasteiger partial charge is 0.302 e. The maximum Gasteiger partial charge on any atom is 0.252 e. The SMILES string of the molecule is C=C(c1ccccc1)c1cc(=O)n(C)c(Cl)c1C. The van der Waals surface area contributed by atoms with Crippen LogP contribution in [0.2, 0.25) is 5.15 Å². The molecule has 0 radical (unpaired) electrons. The van der Waals surface area contributed by atoms with E-state index in [1.807, 2.05) is 37.3 Å². The summed E-state index contributed by atoms with van der Waals surface area (Å²) in [4.78, 5) is 11.8. The van der Waals surface area contributed by atoms with Crippen LogP contribution in [0.4, 0.5) is 0 Å². The smallest absolute Gasteiger partial charge is 0.252 e. The van der Waals surface area contributed by atoms with Gasteiger partial charge < -0.3 is 4.57 Å². The van der Waals surface area contributed by atoms with Gasteiger partial charge in [-0.05, 0) is 29.2 Å². The van der Waals surface area contributed by atoms with Crippen molar-refractivity contribution in [2.24, 2.45) is 7.05 Å². The van der Waals surface area contributed by atoms with Crippen molar-refractivity contribution >= 4 is 17.2 Å². The molecule has 0 aliphatic carbocycles. The van der Waals surface area contributed by atoms with E-state index in [4.69, 9.17) is 11.6 Å². The second-order valence-electron chi connectivity index (χ2n) is 4.22. The van der Waals surface area contributed by atoms with Gasteiger partial charge in [-0.2, -0.15) is 0 Å². The normalized spacial score (nSPS) is 10.4. The molecule has 0 saturated heterocycles. The molecule has 1 aromatic heterocycles. The molecule has 3 heteroatoms. The van der Waals surface area contributed by atoms with Gasteiger partial charge in [0.05, 0.1) is 0 Å². The molecular weight excluding hydrogens is 246 g/mol. The molecule has 0 N–H and O–H groups in total. The topological polar surface area (TPSA) is 22.0 Å². The zero-order valence-electron chi connectivity index (χ0n) is 10.4. The van der Waals surface area contributed by atoms with Crippen LogP contribution in [0, 0.1) is 6.92 Å². The summed E-state index contributed by atoms with van der Waals surface area (Å²) >= 11 is 6.14. The van der Waals surface area contributed by atoms with Gasteiger partial charge in [-0.1, -0.05) is 48.5 Å². The van der Waals surface area contributed by atoms with Crippen LogP contribution in [0.25, 0.3) is 5.57 Å². The number of pyridine rings is 1. The van der Waals surface area contributed by atoms with Gasteiger partial charge in [0, 0.05) is 13.1 Å². The Morgan fingerprint density at radius 1 is 1.28 bits per heavy atom. The highest BCUT2D eigenvalue weighted by atomic mass is 35.5. The number of nitrogens with zero attached hydrogens (tertiary/aromatic N) is 1. The molecule has 1 heterocycles. The van der Waals surface area contributed by atoms with Crippen molar-refractivity contribution in [2.45, 2.75) is 6.92 Å². The fourth-order valence-corrected chi connectivity index (χ4v) is 2.08. The Morgan fingerprint density at radius 2 is 1.89 bits per heavy atom. The standard InChI is InChI=1S/C15H14ClNO/c1-10(12-7-5-4-6-8-12)13-9-14(18)17(3)15(16)11(13)2/h4-9H,1H2,2-3H3. The van der Waals surface area contributed by atoms with Gasteiger partial charge in [-0.3, -0.25) is 4.79 Å². The first-order valence-corrected chi connectivity index (χ1v) is 6.01. The third-order valence-corrected chi connectivity index (χ3v) is 3.59. The molecule has 0 aliphatic rings. The van der Waals surface area contributed by atoms with E-state index >= 15 is 0 Å². The van der Waals surface area contributed by atoms with Gasteiger partial charge in [-0.15, -0.1) is 0 Å². The Bertz CT molecular complexity index is 656. The highest BCUT2D eigenvalue weighted by molar-refractivity contribution is 6.30. The molecule has 0 saturated carbocycles. The predicted octanol–water partition coefficient (Wildman–Crippen LogP) is 3.41. The van der Waals surface area contributed by atoms with Crippen LogP contribution >= 0.6 is 11.6 Å². The van der Waals surface area contributed by atoms with Gasteiger partial charge >= 0.3 is 0 Å². The summed E-state index contributed by atoms with van der Waals surface area (Å²) in [5, 5.41) is 0.453. The van der Waals surface area contributed by atoms with Crippen molar-refractivity contribution in [3.8, 4) is 0 Å². The quantitative estimate of drug-likeness (QED) is 0.758. The Kier molecular flexibility index (Phi) is 3.39. The fraction of sp³-hybridized carbons (Fsp3) is 0.133. The van der Waals surface area contributed by atoms with Gasteiger partial charge in [-0.25, -0.2) is 0 Å². The van der Waals surface area contributed by atoms with Crippen molar-refractivity contribution in [3.05, 3.63) is 75.2 Å². The summed E-state index contributed by atoms with van der Waals surface area (Å²) in [6.07, 6.45) is 0. The zero-order valence-corrected chi connectivity index (χ0v) is 11.2. The lowest BCUT2D eigenvalue weighted by Gasteiger charge is -2.13. The second kappa shape index (κ2) is 4.83. The number of rotatable bonds is 2. The van der Waals surface area contributed by atoms with Crippen LogP contribution in [-0.2, 0) is 7.05 Å². The minimum absolute atomic E-state index is 0.127. The number of aromatic nitrogens is 1. The number of halogens is 1. The summed E-state index contributed by atoms with van der Waals surface area (Å²) in [5.41, 5.74) is 3.34. The van der Waals surface area contributed by atoms with Crippen LogP contribution in [0.3, 0.4) is 0 Å². The predicted molar refractivity (Wildman–Crippen MR) is 76.0 cm³/mol. The molecule has 0 aliphatic heterocycles. The van der Waals surface area contributed by atoms with E-state index < -0.39 is 0 Å². The summed E-state index contributed by atoms with van der Waals surface area (Å²) in [6, 6.07) is 11.3. The van der Waals surface area contributed by atoms with Crippen LogP contribution < -0.4 is 5.56 Å². The summed E-state index contributed by atoms with van der Waals surface area (Å²) in [5.74, 6) is 0. The summed E-state index contributed by atoms with van der Waals surface area (Å²) in [6.45, 7) is 5.96. The highest BCUT2D eigenvalue weighted by Gasteiger charge is 2.11. The number of hydrogen-bond donors (Lipinski definition) is 0. The molecule has 18 heavy (non-hydrogen) atoms. The maximum atomic E-state index is 11.8. The van der Waals surface area contributed by atoms with E-state index in [0.717, 1.165) is 22.3 Å². The van der Waals surface area contributed by atoms with Gasteiger partial charge in [0.25, 0.3) is 5.56 Å². The molecule has 0 atom stereocenters. The number of hydrogen-bond acceptors (Lipinski definition) is 1. The van der Waals surface area contributed by atoms with Gasteiger partial charge in [0.15, 0.2) is 0 Å². The molecule has 0 unspecified atom stereocenters. The lowest BCUT2D eigenvalue weighted by molar-refractivity contribution is 0.851. The second-order valence-corrected chi connectivity index (χ2v) is 4.57. The van der Waals surface area contributed by atoms with Crippen molar-refractivity contribution in [2.75, 3.05) is 0 Å². The Balaban J connectivity index is 2.60. The molecule has 92 valence electrons. The van der Waals surface area contributed by atoms with Crippen LogP contribution in [-0.4, -0.2) is 4.57 Å². The third-order valence-electron chi connectivity index (χ3n) is 3.05. The van der Waals surface area contributed by atoms with Crippen LogP contribution in [0.1, 0.15) is 16.7 Å². The average Bonchev–Trinajstić information content (AvgIpc) is 2.41.